The van der Waals surface area contributed by atoms with Crippen LogP contribution in [0.25, 0.3) is 11.3 Å². The van der Waals surface area contributed by atoms with E-state index in [1.165, 1.54) is 36.4 Å². The van der Waals surface area contributed by atoms with Gasteiger partial charge in [-0.25, -0.2) is 4.39 Å². The lowest BCUT2D eigenvalue weighted by Crippen LogP contribution is -1.96. The van der Waals surface area contributed by atoms with E-state index < -0.39 is 16.3 Å². The van der Waals surface area contributed by atoms with Crippen molar-refractivity contribution in [3.05, 3.63) is 74.8 Å². The largest absolute Gasteiger partial charge is 0.295 e. The number of azo groups is 1. The van der Waals surface area contributed by atoms with E-state index in [0.29, 0.717) is 5.56 Å². The fourth-order valence-electron chi connectivity index (χ4n) is 2.07. The smallest absolute Gasteiger partial charge is 0.292 e. The van der Waals surface area contributed by atoms with Gasteiger partial charge in [-0.1, -0.05) is 24.3 Å². The van der Waals surface area contributed by atoms with Gasteiger partial charge in [-0.05, 0) is 12.1 Å². The number of hydrogen-bond acceptors (Lipinski definition) is 5. The number of H-pyrrole nitrogens is 2. The molecule has 2 N–H and O–H groups in total. The molecule has 3 aromatic rings. The Hall–Kier alpha value is -3.62. The highest BCUT2D eigenvalue weighted by molar-refractivity contribution is 5.72. The number of nitro groups is 1. The molecule has 120 valence electrons. The summed E-state index contributed by atoms with van der Waals surface area (Å²) >= 11 is 0. The maximum Gasteiger partial charge on any atom is 0.292 e. The van der Waals surface area contributed by atoms with E-state index in [1.54, 1.807) is 12.1 Å². The molecule has 1 aromatic heterocycles. The molecule has 24 heavy (non-hydrogen) atoms. The van der Waals surface area contributed by atoms with Crippen molar-refractivity contribution in [2.45, 2.75) is 0 Å². The van der Waals surface area contributed by atoms with Crippen LogP contribution in [0.1, 0.15) is 0 Å². The first-order chi connectivity index (χ1) is 11.6. The van der Waals surface area contributed by atoms with E-state index in [1.807, 2.05) is 0 Å². The third-order valence-electron chi connectivity index (χ3n) is 3.21. The van der Waals surface area contributed by atoms with Gasteiger partial charge in [0.15, 0.2) is 11.5 Å². The van der Waals surface area contributed by atoms with Gasteiger partial charge in [0, 0.05) is 17.7 Å². The number of non-ortho nitro benzene ring substituents is 1. The van der Waals surface area contributed by atoms with Crippen LogP contribution in [0.2, 0.25) is 0 Å². The van der Waals surface area contributed by atoms with E-state index in [0.717, 1.165) is 0 Å². The molecule has 0 aliphatic rings. The highest BCUT2D eigenvalue weighted by Gasteiger charge is 2.15. The van der Waals surface area contributed by atoms with Gasteiger partial charge >= 0.3 is 0 Å². The maximum absolute atomic E-state index is 13.6. The Balaban J connectivity index is 2.04. The lowest BCUT2D eigenvalue weighted by molar-refractivity contribution is -0.384. The van der Waals surface area contributed by atoms with Crippen molar-refractivity contribution in [2.75, 3.05) is 0 Å². The number of halogens is 1. The first-order valence-electron chi connectivity index (χ1n) is 6.78. The lowest BCUT2D eigenvalue weighted by atomic mass is 10.1. The second kappa shape index (κ2) is 6.24. The van der Waals surface area contributed by atoms with Crippen LogP contribution >= 0.6 is 0 Å². The molecular weight excluding hydrogens is 317 g/mol. The molecule has 0 unspecified atom stereocenters. The van der Waals surface area contributed by atoms with Crippen molar-refractivity contribution in [3.63, 3.8) is 0 Å². The summed E-state index contributed by atoms with van der Waals surface area (Å²) in [5.74, 6) is -0.579. The number of benzene rings is 2. The number of rotatable bonds is 4. The molecule has 0 amide bonds. The van der Waals surface area contributed by atoms with Crippen LogP contribution in [0, 0.1) is 15.9 Å². The van der Waals surface area contributed by atoms with Crippen molar-refractivity contribution in [2.24, 2.45) is 10.2 Å². The molecule has 0 spiro atoms. The zero-order valence-corrected chi connectivity index (χ0v) is 12.1. The SMILES string of the molecule is O=c1[nH][nH]c(-c2cccc([N+](=O)[O-])c2)c1N=Nc1ccccc1F. The van der Waals surface area contributed by atoms with Crippen molar-refractivity contribution < 1.29 is 9.31 Å². The topological polar surface area (TPSA) is 117 Å². The Labute approximate surface area is 133 Å². The van der Waals surface area contributed by atoms with Crippen LogP contribution in [-0.4, -0.2) is 15.1 Å². The summed E-state index contributed by atoms with van der Waals surface area (Å²) in [6.45, 7) is 0. The van der Waals surface area contributed by atoms with E-state index in [4.69, 9.17) is 0 Å². The standard InChI is InChI=1S/C15H10FN5O3/c16-11-6-1-2-7-12(11)17-19-14-13(18-20-15(14)22)9-4-3-5-10(8-9)21(23)24/h1-8H,(H2,18,20,22). The Morgan fingerprint density at radius 2 is 1.83 bits per heavy atom. The van der Waals surface area contributed by atoms with E-state index in [-0.39, 0.29) is 22.8 Å². The molecule has 0 fully saturated rings. The maximum atomic E-state index is 13.6. The second-order valence-corrected chi connectivity index (χ2v) is 4.76. The summed E-state index contributed by atoms with van der Waals surface area (Å²) in [6, 6.07) is 11.4. The molecule has 9 heteroatoms. The number of nitrogens with zero attached hydrogens (tertiary/aromatic N) is 3. The summed E-state index contributed by atoms with van der Waals surface area (Å²) in [5.41, 5.74) is -0.223. The predicted octanol–water partition coefficient (Wildman–Crippen LogP) is 3.83. The summed E-state index contributed by atoms with van der Waals surface area (Å²) in [7, 11) is 0. The van der Waals surface area contributed by atoms with E-state index >= 15 is 0 Å². The van der Waals surface area contributed by atoms with Crippen molar-refractivity contribution >= 4 is 17.1 Å². The zero-order chi connectivity index (χ0) is 17.1. The number of aromatic nitrogens is 2. The van der Waals surface area contributed by atoms with Crippen molar-refractivity contribution in [1.82, 2.24) is 10.2 Å². The van der Waals surface area contributed by atoms with Gasteiger partial charge < -0.3 is 0 Å². The molecule has 0 saturated heterocycles. The number of nitrogens with one attached hydrogen (secondary N) is 2. The predicted molar refractivity (Wildman–Crippen MR) is 84.1 cm³/mol. The van der Waals surface area contributed by atoms with Crippen molar-refractivity contribution in [3.8, 4) is 11.3 Å². The molecule has 0 radical (unpaired) electrons. The van der Waals surface area contributed by atoms with E-state index in [2.05, 4.69) is 20.4 Å². The van der Waals surface area contributed by atoms with Crippen molar-refractivity contribution in [1.29, 1.82) is 0 Å². The quantitative estimate of drug-likeness (QED) is 0.431. The number of nitro benzene ring substituents is 1. The monoisotopic (exact) mass is 327 g/mol. The van der Waals surface area contributed by atoms with Gasteiger partial charge in [-0.2, -0.15) is 0 Å². The first kappa shape index (κ1) is 15.3. The molecule has 3 rings (SSSR count). The van der Waals surface area contributed by atoms with Crippen LogP contribution in [0.3, 0.4) is 0 Å². The number of aromatic amines is 2. The summed E-state index contributed by atoms with van der Waals surface area (Å²) in [6.07, 6.45) is 0. The Bertz CT molecular complexity index is 993. The zero-order valence-electron chi connectivity index (χ0n) is 12.1. The molecule has 8 nitrogen and oxygen atoms in total. The highest BCUT2D eigenvalue weighted by atomic mass is 19.1. The van der Waals surface area contributed by atoms with Crippen LogP contribution in [0.4, 0.5) is 21.5 Å². The fraction of sp³-hybridized carbons (Fsp3) is 0. The highest BCUT2D eigenvalue weighted by Crippen LogP contribution is 2.29. The summed E-state index contributed by atoms with van der Waals surface area (Å²) in [5, 5.41) is 23.3. The van der Waals surface area contributed by atoms with Gasteiger partial charge in [0.1, 0.15) is 5.69 Å². The summed E-state index contributed by atoms with van der Waals surface area (Å²) in [4.78, 5) is 22.2. The van der Waals surface area contributed by atoms with Gasteiger partial charge in [0.05, 0.1) is 10.6 Å². The molecular formula is C15H10FN5O3. The second-order valence-electron chi connectivity index (χ2n) is 4.76. The minimum Gasteiger partial charge on any atom is -0.295 e. The molecule has 1 heterocycles. The third-order valence-corrected chi connectivity index (χ3v) is 3.21. The normalized spacial score (nSPS) is 11.0. The van der Waals surface area contributed by atoms with Crippen LogP contribution in [-0.2, 0) is 0 Å². The first-order valence-corrected chi connectivity index (χ1v) is 6.78. The minimum atomic E-state index is -0.579. The van der Waals surface area contributed by atoms with Gasteiger partial charge in [-0.3, -0.25) is 25.1 Å². The van der Waals surface area contributed by atoms with Gasteiger partial charge in [0.25, 0.3) is 11.2 Å². The average molecular weight is 327 g/mol. The molecule has 0 atom stereocenters. The summed E-state index contributed by atoms with van der Waals surface area (Å²) < 4.78 is 13.6. The number of hydrogen-bond donors (Lipinski definition) is 2. The Morgan fingerprint density at radius 3 is 2.58 bits per heavy atom. The van der Waals surface area contributed by atoms with Crippen LogP contribution < -0.4 is 5.56 Å². The molecule has 0 aliphatic carbocycles. The van der Waals surface area contributed by atoms with Gasteiger partial charge in [-0.15, -0.1) is 10.2 Å². The van der Waals surface area contributed by atoms with E-state index in [9.17, 15) is 19.3 Å². The molecule has 2 aromatic carbocycles. The lowest BCUT2D eigenvalue weighted by Gasteiger charge is -1.99. The molecule has 0 bridgehead atoms. The third kappa shape index (κ3) is 2.95. The minimum absolute atomic E-state index is 0.0249. The molecule has 0 aliphatic heterocycles. The molecule has 0 saturated carbocycles. The van der Waals surface area contributed by atoms with Crippen LogP contribution in [0.15, 0.2) is 63.6 Å². The van der Waals surface area contributed by atoms with Gasteiger partial charge in [0.2, 0.25) is 0 Å². The Morgan fingerprint density at radius 1 is 1.04 bits per heavy atom. The van der Waals surface area contributed by atoms with Crippen LogP contribution in [0.5, 0.6) is 0 Å². The fourth-order valence-corrected chi connectivity index (χ4v) is 2.07. The Kier molecular flexibility index (Phi) is 3.98. The average Bonchev–Trinajstić information content (AvgIpc) is 2.95.